The second-order valence-electron chi connectivity index (χ2n) is 6.48. The first-order chi connectivity index (χ1) is 14.0. The average Bonchev–Trinajstić information content (AvgIpc) is 3.29. The van der Waals surface area contributed by atoms with Crippen molar-refractivity contribution in [1.29, 1.82) is 0 Å². The Kier molecular flexibility index (Phi) is 4.75. The highest BCUT2D eigenvalue weighted by Gasteiger charge is 2.37. The number of carbonyl (C=O) groups is 2. The molecule has 29 heavy (non-hydrogen) atoms. The Morgan fingerprint density at radius 1 is 1.14 bits per heavy atom. The molecule has 0 amide bonds. The molecule has 150 valence electrons. The molecule has 2 aliphatic rings. The van der Waals surface area contributed by atoms with Gasteiger partial charge in [-0.3, -0.25) is 4.79 Å². The van der Waals surface area contributed by atoms with Crippen molar-refractivity contribution < 1.29 is 38.4 Å². The van der Waals surface area contributed by atoms with Gasteiger partial charge in [-0.05, 0) is 23.8 Å². The second kappa shape index (κ2) is 7.38. The molecule has 1 N–H and O–H groups in total. The van der Waals surface area contributed by atoms with Crippen LogP contribution in [0.25, 0.3) is 0 Å². The zero-order valence-electron chi connectivity index (χ0n) is 15.8. The van der Waals surface area contributed by atoms with E-state index >= 15 is 0 Å². The van der Waals surface area contributed by atoms with Crippen molar-refractivity contribution >= 4 is 11.9 Å². The van der Waals surface area contributed by atoms with Crippen LogP contribution in [0.5, 0.6) is 23.0 Å². The van der Waals surface area contributed by atoms with Gasteiger partial charge in [-0.25, -0.2) is 4.79 Å². The van der Waals surface area contributed by atoms with Gasteiger partial charge in [-0.1, -0.05) is 12.1 Å². The van der Waals surface area contributed by atoms with Gasteiger partial charge in [0.2, 0.25) is 6.79 Å². The molecule has 0 saturated carbocycles. The highest BCUT2D eigenvalue weighted by molar-refractivity contribution is 5.94. The molecule has 8 nitrogen and oxygen atoms in total. The molecule has 0 saturated heterocycles. The number of aliphatic hydroxyl groups excluding tert-OH is 1. The molecule has 1 atom stereocenters. The minimum Gasteiger partial charge on any atom is -0.508 e. The lowest BCUT2D eigenvalue weighted by molar-refractivity contribution is -0.136. The van der Waals surface area contributed by atoms with E-state index in [0.29, 0.717) is 28.4 Å². The highest BCUT2D eigenvalue weighted by atomic mass is 16.7. The summed E-state index contributed by atoms with van der Waals surface area (Å²) < 4.78 is 26.6. The molecule has 2 aliphatic heterocycles. The Labute approximate surface area is 166 Å². The van der Waals surface area contributed by atoms with Crippen LogP contribution in [0.4, 0.5) is 0 Å². The highest BCUT2D eigenvalue weighted by Crippen LogP contribution is 2.46. The summed E-state index contributed by atoms with van der Waals surface area (Å²) in [5, 5.41) is 10.4. The molecule has 0 unspecified atom stereocenters. The van der Waals surface area contributed by atoms with E-state index in [1.54, 1.807) is 30.3 Å². The number of esters is 2. The molecule has 0 bridgehead atoms. The lowest BCUT2D eigenvalue weighted by Crippen LogP contribution is -2.14. The summed E-state index contributed by atoms with van der Waals surface area (Å²) in [5.41, 5.74) is 1.14. The van der Waals surface area contributed by atoms with Gasteiger partial charge in [0, 0.05) is 24.5 Å². The molecule has 8 heteroatoms. The first-order valence-electron chi connectivity index (χ1n) is 8.83. The number of aliphatic hydroxyl groups is 1. The van der Waals surface area contributed by atoms with Gasteiger partial charge in [0.15, 0.2) is 11.5 Å². The van der Waals surface area contributed by atoms with Gasteiger partial charge in [0.1, 0.15) is 23.9 Å². The van der Waals surface area contributed by atoms with Crippen molar-refractivity contribution in [2.24, 2.45) is 0 Å². The van der Waals surface area contributed by atoms with Gasteiger partial charge >= 0.3 is 11.9 Å². The number of ether oxygens (including phenoxy) is 5. The van der Waals surface area contributed by atoms with Crippen LogP contribution in [0.3, 0.4) is 0 Å². The predicted octanol–water partition coefficient (Wildman–Crippen LogP) is 2.85. The van der Waals surface area contributed by atoms with Gasteiger partial charge in [-0.2, -0.15) is 0 Å². The minimum atomic E-state index is -0.788. The van der Waals surface area contributed by atoms with Gasteiger partial charge < -0.3 is 28.8 Å². The number of carbonyl (C=O) groups excluding carboxylic acids is 2. The summed E-state index contributed by atoms with van der Waals surface area (Å²) in [5.74, 6) is -0.554. The SMILES string of the molecule is COc1cccc([C@H](C2=C(O)COC2=O)c2cc3c(cc2OC(C)=O)OCO3)c1. The molecule has 0 aromatic heterocycles. The van der Waals surface area contributed by atoms with Crippen LogP contribution in [-0.2, 0) is 14.3 Å². The van der Waals surface area contributed by atoms with Gasteiger partial charge in [0.05, 0.1) is 12.7 Å². The molecular formula is C21H18O8. The fourth-order valence-electron chi connectivity index (χ4n) is 3.42. The molecule has 0 spiro atoms. The van der Waals surface area contributed by atoms with E-state index in [-0.39, 0.29) is 30.5 Å². The van der Waals surface area contributed by atoms with E-state index in [1.165, 1.54) is 20.1 Å². The number of fused-ring (bicyclic) bond motifs is 1. The lowest BCUT2D eigenvalue weighted by atomic mass is 9.83. The van der Waals surface area contributed by atoms with Crippen molar-refractivity contribution in [3.05, 3.63) is 58.9 Å². The van der Waals surface area contributed by atoms with E-state index in [0.717, 1.165) is 0 Å². The number of hydrogen-bond acceptors (Lipinski definition) is 8. The third kappa shape index (κ3) is 3.44. The van der Waals surface area contributed by atoms with Crippen LogP contribution in [0.1, 0.15) is 24.0 Å². The number of methoxy groups -OCH3 is 1. The van der Waals surface area contributed by atoms with Crippen molar-refractivity contribution in [3.63, 3.8) is 0 Å². The van der Waals surface area contributed by atoms with Crippen LogP contribution in [0, 0.1) is 0 Å². The molecule has 0 radical (unpaired) electrons. The third-order valence-corrected chi connectivity index (χ3v) is 4.66. The van der Waals surface area contributed by atoms with Crippen LogP contribution in [0.15, 0.2) is 47.7 Å². The summed E-state index contributed by atoms with van der Waals surface area (Å²) in [4.78, 5) is 24.2. The first kappa shape index (κ1) is 18.7. The van der Waals surface area contributed by atoms with Crippen LogP contribution >= 0.6 is 0 Å². The predicted molar refractivity (Wildman–Crippen MR) is 99.3 cm³/mol. The Hall–Kier alpha value is -3.68. The fraction of sp³-hybridized carbons (Fsp3) is 0.238. The topological polar surface area (TPSA) is 101 Å². The zero-order valence-corrected chi connectivity index (χ0v) is 15.8. The van der Waals surface area contributed by atoms with Gasteiger partial charge in [0.25, 0.3) is 0 Å². The van der Waals surface area contributed by atoms with Crippen molar-refractivity contribution in [2.45, 2.75) is 12.8 Å². The second-order valence-corrected chi connectivity index (χ2v) is 6.48. The number of hydrogen-bond donors (Lipinski definition) is 1. The Morgan fingerprint density at radius 2 is 1.90 bits per heavy atom. The maximum atomic E-state index is 12.5. The molecule has 2 heterocycles. The quantitative estimate of drug-likeness (QED) is 0.606. The van der Waals surface area contributed by atoms with Crippen LogP contribution < -0.4 is 18.9 Å². The zero-order chi connectivity index (χ0) is 20.5. The average molecular weight is 398 g/mol. The largest absolute Gasteiger partial charge is 0.508 e. The van der Waals surface area contributed by atoms with Crippen molar-refractivity contribution in [1.82, 2.24) is 0 Å². The minimum absolute atomic E-state index is 0.0259. The fourth-order valence-corrected chi connectivity index (χ4v) is 3.42. The van der Waals surface area contributed by atoms with Crippen LogP contribution in [-0.4, -0.2) is 37.6 Å². The molecule has 4 rings (SSSR count). The summed E-state index contributed by atoms with van der Waals surface area (Å²) in [6.45, 7) is 1.08. The first-order valence-corrected chi connectivity index (χ1v) is 8.83. The standard InChI is InChI=1S/C21H18O8/c1-11(22)29-16-8-18-17(27-10-28-18)7-14(16)19(20-15(23)9-26-21(20)24)12-4-3-5-13(6-12)25-2/h3-8,19,23H,9-10H2,1-2H3/t19-/m0/s1. The summed E-state index contributed by atoms with van der Waals surface area (Å²) in [7, 11) is 1.53. The monoisotopic (exact) mass is 398 g/mol. The summed E-state index contributed by atoms with van der Waals surface area (Å²) in [6.07, 6.45) is 0. The third-order valence-electron chi connectivity index (χ3n) is 4.66. The molecular weight excluding hydrogens is 380 g/mol. The smallest absolute Gasteiger partial charge is 0.338 e. The van der Waals surface area contributed by atoms with Gasteiger partial charge in [-0.15, -0.1) is 0 Å². The Balaban J connectivity index is 1.95. The van der Waals surface area contributed by atoms with E-state index in [2.05, 4.69) is 0 Å². The van der Waals surface area contributed by atoms with E-state index in [9.17, 15) is 14.7 Å². The number of cyclic esters (lactones) is 1. The lowest BCUT2D eigenvalue weighted by Gasteiger charge is -2.21. The summed E-state index contributed by atoms with van der Waals surface area (Å²) in [6, 6.07) is 10.2. The van der Waals surface area contributed by atoms with E-state index in [1.807, 2.05) is 0 Å². The van der Waals surface area contributed by atoms with Crippen LogP contribution in [0.2, 0.25) is 0 Å². The number of rotatable bonds is 5. The van der Waals surface area contributed by atoms with E-state index < -0.39 is 17.9 Å². The number of benzene rings is 2. The van der Waals surface area contributed by atoms with Crippen molar-refractivity contribution in [2.75, 3.05) is 20.5 Å². The molecule has 0 fully saturated rings. The Morgan fingerprint density at radius 3 is 2.55 bits per heavy atom. The maximum absolute atomic E-state index is 12.5. The van der Waals surface area contributed by atoms with E-state index in [4.69, 9.17) is 23.7 Å². The summed E-state index contributed by atoms with van der Waals surface area (Å²) >= 11 is 0. The maximum Gasteiger partial charge on any atom is 0.338 e. The molecule has 2 aromatic rings. The molecule has 0 aliphatic carbocycles. The van der Waals surface area contributed by atoms with Crippen molar-refractivity contribution in [3.8, 4) is 23.0 Å². The molecule has 2 aromatic carbocycles. The Bertz CT molecular complexity index is 1020. The normalized spacial score (nSPS) is 15.9.